The lowest BCUT2D eigenvalue weighted by Gasteiger charge is -2.26. The number of aryl methyl sites for hydroxylation is 1. The zero-order chi connectivity index (χ0) is 15.8. The Morgan fingerprint density at radius 3 is 2.43 bits per heavy atom. The molecular formula is C13H15F3N2O2S. The van der Waals surface area contributed by atoms with Crippen LogP contribution < -0.4 is 5.73 Å². The van der Waals surface area contributed by atoms with Crippen molar-refractivity contribution in [2.75, 3.05) is 18.8 Å². The van der Waals surface area contributed by atoms with Gasteiger partial charge in [-0.1, -0.05) is 6.08 Å². The Kier molecular flexibility index (Phi) is 4.03. The second kappa shape index (κ2) is 5.34. The quantitative estimate of drug-likeness (QED) is 0.672. The van der Waals surface area contributed by atoms with Crippen molar-refractivity contribution >= 4 is 15.7 Å². The predicted molar refractivity (Wildman–Crippen MR) is 73.1 cm³/mol. The van der Waals surface area contributed by atoms with Gasteiger partial charge in [0.2, 0.25) is 10.0 Å². The molecule has 8 heteroatoms. The number of alkyl halides is 3. The third kappa shape index (κ3) is 3.21. The first kappa shape index (κ1) is 15.8. The molecule has 0 bridgehead atoms. The molecule has 0 amide bonds. The van der Waals surface area contributed by atoms with Gasteiger partial charge in [0.25, 0.3) is 0 Å². The van der Waals surface area contributed by atoms with Crippen molar-refractivity contribution in [3.8, 4) is 0 Å². The molecule has 21 heavy (non-hydrogen) atoms. The summed E-state index contributed by atoms with van der Waals surface area (Å²) in [4.78, 5) is 0.0399. The molecule has 4 nitrogen and oxygen atoms in total. The maximum Gasteiger partial charge on any atom is 0.412 e. The van der Waals surface area contributed by atoms with Crippen LogP contribution in [0.25, 0.3) is 0 Å². The van der Waals surface area contributed by atoms with Gasteiger partial charge in [0.1, 0.15) is 0 Å². The number of hydrogen-bond acceptors (Lipinski definition) is 3. The normalized spacial score (nSPS) is 17.6. The molecule has 0 spiro atoms. The Balaban J connectivity index is 2.26. The fourth-order valence-electron chi connectivity index (χ4n) is 2.08. The van der Waals surface area contributed by atoms with Crippen LogP contribution in [0, 0.1) is 6.92 Å². The molecule has 0 saturated carbocycles. The summed E-state index contributed by atoms with van der Waals surface area (Å²) >= 11 is 0. The maximum atomic E-state index is 12.5. The molecule has 116 valence electrons. The summed E-state index contributed by atoms with van der Waals surface area (Å²) in [7, 11) is -3.80. The Morgan fingerprint density at radius 1 is 1.29 bits per heavy atom. The summed E-state index contributed by atoms with van der Waals surface area (Å²) in [6, 6.07) is 4.26. The number of nitrogen functional groups attached to an aromatic ring is 1. The summed E-state index contributed by atoms with van der Waals surface area (Å²) in [5.41, 5.74) is 6.03. The van der Waals surface area contributed by atoms with Crippen LogP contribution in [-0.2, 0) is 10.0 Å². The third-order valence-corrected chi connectivity index (χ3v) is 5.28. The van der Waals surface area contributed by atoms with Gasteiger partial charge in [-0.15, -0.1) is 0 Å². The third-order valence-electron chi connectivity index (χ3n) is 3.42. The highest BCUT2D eigenvalue weighted by molar-refractivity contribution is 7.89. The summed E-state index contributed by atoms with van der Waals surface area (Å²) in [6.45, 7) is 1.21. The number of nitrogens with two attached hydrogens (primary N) is 1. The van der Waals surface area contributed by atoms with E-state index in [-0.39, 0.29) is 24.4 Å². The van der Waals surface area contributed by atoms with E-state index in [1.165, 1.54) is 18.2 Å². The minimum atomic E-state index is -4.40. The second-order valence-electron chi connectivity index (χ2n) is 4.86. The van der Waals surface area contributed by atoms with Crippen molar-refractivity contribution in [3.05, 3.63) is 35.4 Å². The number of nitrogens with zero attached hydrogens (tertiary/aromatic N) is 1. The molecule has 1 heterocycles. The summed E-state index contributed by atoms with van der Waals surface area (Å²) in [6.07, 6.45) is -3.81. The zero-order valence-corrected chi connectivity index (χ0v) is 12.1. The van der Waals surface area contributed by atoms with E-state index in [1.54, 1.807) is 6.92 Å². The van der Waals surface area contributed by atoms with Crippen LogP contribution in [0.1, 0.15) is 12.0 Å². The second-order valence-corrected chi connectivity index (χ2v) is 6.80. The molecule has 0 unspecified atom stereocenters. The minimum absolute atomic E-state index is 0.0399. The first-order valence-electron chi connectivity index (χ1n) is 6.25. The SMILES string of the molecule is Cc1cc(S(=O)(=O)N2CC=C(C(F)(F)F)CC2)ccc1N. The maximum absolute atomic E-state index is 12.5. The van der Waals surface area contributed by atoms with Gasteiger partial charge < -0.3 is 5.73 Å². The van der Waals surface area contributed by atoms with Crippen molar-refractivity contribution in [3.63, 3.8) is 0 Å². The van der Waals surface area contributed by atoms with Crippen molar-refractivity contribution < 1.29 is 21.6 Å². The lowest BCUT2D eigenvalue weighted by molar-refractivity contribution is -0.0953. The molecule has 2 N–H and O–H groups in total. The molecule has 1 aromatic carbocycles. The molecule has 0 saturated heterocycles. The highest BCUT2D eigenvalue weighted by Gasteiger charge is 2.37. The lowest BCUT2D eigenvalue weighted by atomic mass is 10.1. The highest BCUT2D eigenvalue weighted by atomic mass is 32.2. The lowest BCUT2D eigenvalue weighted by Crippen LogP contribution is -2.36. The molecule has 2 rings (SSSR count). The summed E-state index contributed by atoms with van der Waals surface area (Å²) in [5.74, 6) is 0. The molecule has 0 atom stereocenters. The molecule has 0 aliphatic carbocycles. The number of hydrogen-bond donors (Lipinski definition) is 1. The van der Waals surface area contributed by atoms with E-state index in [0.29, 0.717) is 11.3 Å². The number of halogens is 3. The topological polar surface area (TPSA) is 63.4 Å². The van der Waals surface area contributed by atoms with Crippen LogP contribution >= 0.6 is 0 Å². The van der Waals surface area contributed by atoms with E-state index < -0.39 is 21.8 Å². The average Bonchev–Trinajstić information content (AvgIpc) is 2.41. The zero-order valence-electron chi connectivity index (χ0n) is 11.3. The van der Waals surface area contributed by atoms with Crippen LogP contribution in [0.5, 0.6) is 0 Å². The van der Waals surface area contributed by atoms with Gasteiger partial charge in [0, 0.05) is 24.4 Å². The fourth-order valence-corrected chi connectivity index (χ4v) is 3.55. The van der Waals surface area contributed by atoms with Gasteiger partial charge in [-0.25, -0.2) is 8.42 Å². The van der Waals surface area contributed by atoms with E-state index in [0.717, 1.165) is 10.4 Å². The van der Waals surface area contributed by atoms with Gasteiger partial charge in [0.15, 0.2) is 0 Å². The predicted octanol–water partition coefficient (Wildman–Crippen LogP) is 2.46. The smallest absolute Gasteiger partial charge is 0.399 e. The van der Waals surface area contributed by atoms with Gasteiger partial charge >= 0.3 is 6.18 Å². The Morgan fingerprint density at radius 2 is 1.95 bits per heavy atom. The number of benzene rings is 1. The summed E-state index contributed by atoms with van der Waals surface area (Å²) in [5, 5.41) is 0. The molecule has 0 radical (unpaired) electrons. The van der Waals surface area contributed by atoms with E-state index in [1.807, 2.05) is 0 Å². The Hall–Kier alpha value is -1.54. The van der Waals surface area contributed by atoms with Gasteiger partial charge in [-0.2, -0.15) is 17.5 Å². The van der Waals surface area contributed by atoms with Crippen molar-refractivity contribution in [1.82, 2.24) is 4.31 Å². The van der Waals surface area contributed by atoms with Crippen molar-refractivity contribution in [2.24, 2.45) is 0 Å². The van der Waals surface area contributed by atoms with Gasteiger partial charge in [-0.05, 0) is 37.1 Å². The van der Waals surface area contributed by atoms with Crippen LogP contribution in [0.3, 0.4) is 0 Å². The van der Waals surface area contributed by atoms with Crippen LogP contribution in [0.2, 0.25) is 0 Å². The monoisotopic (exact) mass is 320 g/mol. The van der Waals surface area contributed by atoms with E-state index in [4.69, 9.17) is 5.73 Å². The molecule has 1 aliphatic rings. The van der Waals surface area contributed by atoms with E-state index in [2.05, 4.69) is 0 Å². The molecular weight excluding hydrogens is 305 g/mol. The summed E-state index contributed by atoms with van der Waals surface area (Å²) < 4.78 is 63.4. The van der Waals surface area contributed by atoms with Gasteiger partial charge in [0.05, 0.1) is 4.90 Å². The Labute approximate surface area is 121 Å². The van der Waals surface area contributed by atoms with Crippen LogP contribution in [-0.4, -0.2) is 32.0 Å². The minimum Gasteiger partial charge on any atom is -0.399 e. The van der Waals surface area contributed by atoms with Crippen LogP contribution in [0.15, 0.2) is 34.7 Å². The fraction of sp³-hybridized carbons (Fsp3) is 0.385. The Bertz CT molecular complexity index is 681. The molecule has 0 fully saturated rings. The van der Waals surface area contributed by atoms with E-state index >= 15 is 0 Å². The molecule has 1 aliphatic heterocycles. The largest absolute Gasteiger partial charge is 0.412 e. The molecule has 1 aromatic rings. The number of anilines is 1. The molecule has 0 aromatic heterocycles. The van der Waals surface area contributed by atoms with Crippen molar-refractivity contribution in [2.45, 2.75) is 24.4 Å². The van der Waals surface area contributed by atoms with Crippen molar-refractivity contribution in [1.29, 1.82) is 0 Å². The van der Waals surface area contributed by atoms with Gasteiger partial charge in [-0.3, -0.25) is 0 Å². The van der Waals surface area contributed by atoms with Crippen LogP contribution in [0.4, 0.5) is 18.9 Å². The standard InChI is InChI=1S/C13H15F3N2O2S/c1-9-8-11(2-3-12(9)17)21(19,20)18-6-4-10(5-7-18)13(14,15)16/h2-4,8H,5-7,17H2,1H3. The first-order chi connectivity index (χ1) is 9.62. The number of sulfonamides is 1. The van der Waals surface area contributed by atoms with E-state index in [9.17, 15) is 21.6 Å². The highest BCUT2D eigenvalue weighted by Crippen LogP contribution is 2.31. The average molecular weight is 320 g/mol. The first-order valence-corrected chi connectivity index (χ1v) is 7.69. The number of rotatable bonds is 2.